The number of aromatic nitrogens is 2. The molecule has 0 bridgehead atoms. The fourth-order valence-electron chi connectivity index (χ4n) is 2.84. The molecule has 0 saturated carbocycles. The lowest BCUT2D eigenvalue weighted by Gasteiger charge is -2.36. The Bertz CT molecular complexity index is 581. The van der Waals surface area contributed by atoms with Gasteiger partial charge in [0.05, 0.1) is 5.92 Å². The second-order valence-corrected chi connectivity index (χ2v) is 6.43. The highest BCUT2D eigenvalue weighted by Gasteiger charge is 2.31. The van der Waals surface area contributed by atoms with Gasteiger partial charge >= 0.3 is 0 Å². The number of hydrogen-bond acceptors (Lipinski definition) is 5. The Labute approximate surface area is 128 Å². The van der Waals surface area contributed by atoms with Gasteiger partial charge < -0.3 is 9.80 Å². The van der Waals surface area contributed by atoms with Crippen LogP contribution in [0.2, 0.25) is 0 Å². The number of nitrogens with zero attached hydrogens (tertiary/aromatic N) is 4. The van der Waals surface area contributed by atoms with Crippen LogP contribution in [0.5, 0.6) is 0 Å². The highest BCUT2D eigenvalue weighted by atomic mass is 32.2. The molecule has 1 fully saturated rings. The first kappa shape index (κ1) is 14.6. The van der Waals surface area contributed by atoms with Gasteiger partial charge in [-0.3, -0.25) is 14.2 Å². The van der Waals surface area contributed by atoms with Crippen molar-refractivity contribution in [3.8, 4) is 0 Å². The van der Waals surface area contributed by atoms with Gasteiger partial charge in [0.2, 0.25) is 5.91 Å². The predicted octanol–water partition coefficient (Wildman–Crippen LogP) is 0.129. The molecule has 2 aliphatic heterocycles. The van der Waals surface area contributed by atoms with E-state index in [1.54, 1.807) is 4.57 Å². The Morgan fingerprint density at radius 3 is 2.86 bits per heavy atom. The summed E-state index contributed by atoms with van der Waals surface area (Å²) < 4.78 is 1.62. The fourth-order valence-corrected chi connectivity index (χ4v) is 3.90. The molecule has 1 saturated heterocycles. The number of likely N-dealkylation sites (N-methyl/N-ethyl adjacent to an activating group) is 1. The Kier molecular flexibility index (Phi) is 4.30. The minimum absolute atomic E-state index is 0.0687. The highest BCUT2D eigenvalue weighted by Crippen LogP contribution is 2.26. The first-order valence-corrected chi connectivity index (χ1v) is 8.37. The van der Waals surface area contributed by atoms with E-state index in [-0.39, 0.29) is 17.4 Å². The van der Waals surface area contributed by atoms with Crippen molar-refractivity contribution >= 4 is 17.7 Å². The molecule has 0 aliphatic carbocycles. The summed E-state index contributed by atoms with van der Waals surface area (Å²) in [6.07, 6.45) is 1.54. The molecule has 3 rings (SSSR count). The Morgan fingerprint density at radius 2 is 2.14 bits per heavy atom. The molecule has 0 radical (unpaired) electrons. The molecule has 21 heavy (non-hydrogen) atoms. The van der Waals surface area contributed by atoms with Gasteiger partial charge in [0.15, 0.2) is 5.16 Å². The van der Waals surface area contributed by atoms with E-state index in [9.17, 15) is 9.59 Å². The number of carbonyl (C=O) groups is 1. The van der Waals surface area contributed by atoms with Crippen LogP contribution in [0.15, 0.2) is 22.2 Å². The van der Waals surface area contributed by atoms with Crippen molar-refractivity contribution in [3.63, 3.8) is 0 Å². The molecular formula is C14H20N4O2S. The van der Waals surface area contributed by atoms with Gasteiger partial charge in [-0.1, -0.05) is 18.7 Å². The number of carbonyl (C=O) groups excluding carboxylic acids is 1. The summed E-state index contributed by atoms with van der Waals surface area (Å²) in [4.78, 5) is 33.0. The second-order valence-electron chi connectivity index (χ2n) is 5.44. The number of amides is 1. The van der Waals surface area contributed by atoms with Crippen LogP contribution in [0.3, 0.4) is 0 Å². The van der Waals surface area contributed by atoms with Crippen LogP contribution < -0.4 is 5.56 Å². The van der Waals surface area contributed by atoms with Crippen molar-refractivity contribution in [3.05, 3.63) is 22.6 Å². The van der Waals surface area contributed by atoms with Crippen molar-refractivity contribution in [1.29, 1.82) is 0 Å². The SMILES string of the molecule is CCN1CCN(C(=O)C2CSc3nccc(=O)n3C2)CC1. The van der Waals surface area contributed by atoms with Crippen LogP contribution in [0.25, 0.3) is 0 Å². The van der Waals surface area contributed by atoms with Gasteiger partial charge in [0, 0.05) is 50.7 Å². The quantitative estimate of drug-likeness (QED) is 0.727. The zero-order chi connectivity index (χ0) is 14.8. The molecule has 1 aromatic heterocycles. The summed E-state index contributed by atoms with van der Waals surface area (Å²) in [5, 5.41) is 0.724. The molecule has 1 atom stereocenters. The Balaban J connectivity index is 1.67. The van der Waals surface area contributed by atoms with E-state index in [1.165, 1.54) is 24.0 Å². The minimum atomic E-state index is -0.113. The first-order chi connectivity index (χ1) is 10.2. The normalized spacial score (nSPS) is 22.9. The smallest absolute Gasteiger partial charge is 0.254 e. The van der Waals surface area contributed by atoms with Gasteiger partial charge in [-0.2, -0.15) is 0 Å². The molecule has 1 unspecified atom stereocenters. The average molecular weight is 308 g/mol. The van der Waals surface area contributed by atoms with E-state index in [2.05, 4.69) is 16.8 Å². The van der Waals surface area contributed by atoms with Crippen molar-refractivity contribution in [2.24, 2.45) is 5.92 Å². The molecule has 114 valence electrons. The van der Waals surface area contributed by atoms with Crippen LogP contribution in [-0.2, 0) is 11.3 Å². The third kappa shape index (κ3) is 2.98. The number of piperazine rings is 1. The molecule has 2 aliphatic rings. The summed E-state index contributed by atoms with van der Waals surface area (Å²) in [5.74, 6) is 0.778. The van der Waals surface area contributed by atoms with Gasteiger partial charge in [-0.15, -0.1) is 0 Å². The fraction of sp³-hybridized carbons (Fsp3) is 0.643. The van der Waals surface area contributed by atoms with Crippen molar-refractivity contribution < 1.29 is 4.79 Å². The lowest BCUT2D eigenvalue weighted by atomic mass is 10.1. The molecule has 0 spiro atoms. The number of thioether (sulfide) groups is 1. The third-order valence-electron chi connectivity index (χ3n) is 4.20. The molecule has 7 heteroatoms. The Hall–Kier alpha value is -1.34. The van der Waals surface area contributed by atoms with Crippen molar-refractivity contribution in [2.45, 2.75) is 18.6 Å². The van der Waals surface area contributed by atoms with Gasteiger partial charge in [-0.05, 0) is 6.54 Å². The molecule has 0 N–H and O–H groups in total. The van der Waals surface area contributed by atoms with Crippen LogP contribution in [0.4, 0.5) is 0 Å². The largest absolute Gasteiger partial charge is 0.340 e. The summed E-state index contributed by atoms with van der Waals surface area (Å²) in [7, 11) is 0. The third-order valence-corrected chi connectivity index (χ3v) is 5.35. The van der Waals surface area contributed by atoms with Crippen molar-refractivity contribution in [1.82, 2.24) is 19.4 Å². The summed E-state index contributed by atoms with van der Waals surface area (Å²) in [5.41, 5.74) is -0.0687. The number of fused-ring (bicyclic) bond motifs is 1. The van der Waals surface area contributed by atoms with Crippen LogP contribution in [0.1, 0.15) is 6.92 Å². The molecule has 6 nitrogen and oxygen atoms in total. The molecule has 1 aromatic rings. The average Bonchev–Trinajstić information content (AvgIpc) is 2.54. The van der Waals surface area contributed by atoms with Crippen LogP contribution in [-0.4, -0.2) is 63.7 Å². The maximum absolute atomic E-state index is 12.6. The lowest BCUT2D eigenvalue weighted by molar-refractivity contribution is -0.137. The number of hydrogen-bond donors (Lipinski definition) is 0. The zero-order valence-electron chi connectivity index (χ0n) is 12.2. The second kappa shape index (κ2) is 6.19. The summed E-state index contributed by atoms with van der Waals surface area (Å²) in [6.45, 7) is 7.12. The van der Waals surface area contributed by atoms with Gasteiger partial charge in [-0.25, -0.2) is 4.98 Å². The number of rotatable bonds is 2. The van der Waals surface area contributed by atoms with Crippen LogP contribution >= 0.6 is 11.8 Å². The predicted molar refractivity (Wildman–Crippen MR) is 81.4 cm³/mol. The van der Waals surface area contributed by atoms with Gasteiger partial charge in [0.25, 0.3) is 5.56 Å². The monoisotopic (exact) mass is 308 g/mol. The Morgan fingerprint density at radius 1 is 1.38 bits per heavy atom. The zero-order valence-corrected chi connectivity index (χ0v) is 13.0. The topological polar surface area (TPSA) is 58.4 Å². The molecule has 1 amide bonds. The molecular weight excluding hydrogens is 288 g/mol. The van der Waals surface area contributed by atoms with Gasteiger partial charge in [0.1, 0.15) is 0 Å². The minimum Gasteiger partial charge on any atom is -0.340 e. The van der Waals surface area contributed by atoms with E-state index in [4.69, 9.17) is 0 Å². The van der Waals surface area contributed by atoms with E-state index in [0.29, 0.717) is 12.3 Å². The van der Waals surface area contributed by atoms with Crippen LogP contribution in [0, 0.1) is 5.92 Å². The summed E-state index contributed by atoms with van der Waals surface area (Å²) in [6, 6.07) is 1.46. The maximum atomic E-state index is 12.6. The maximum Gasteiger partial charge on any atom is 0.254 e. The lowest BCUT2D eigenvalue weighted by Crippen LogP contribution is -2.51. The van der Waals surface area contributed by atoms with E-state index in [0.717, 1.165) is 37.9 Å². The van der Waals surface area contributed by atoms with Crippen molar-refractivity contribution in [2.75, 3.05) is 38.5 Å². The first-order valence-electron chi connectivity index (χ1n) is 7.39. The van der Waals surface area contributed by atoms with E-state index < -0.39 is 0 Å². The highest BCUT2D eigenvalue weighted by molar-refractivity contribution is 7.99. The standard InChI is InChI=1S/C14H20N4O2S/c1-2-16-5-7-17(8-6-16)13(20)11-9-18-12(19)3-4-15-14(18)21-10-11/h3-4,11H,2,5-10H2,1H3. The molecule has 0 aromatic carbocycles. The molecule has 3 heterocycles. The van der Waals surface area contributed by atoms with E-state index in [1.807, 2.05) is 4.90 Å². The summed E-state index contributed by atoms with van der Waals surface area (Å²) >= 11 is 1.50. The van der Waals surface area contributed by atoms with E-state index >= 15 is 0 Å².